The fourth-order valence-corrected chi connectivity index (χ4v) is 5.13. The van der Waals surface area contributed by atoms with Gasteiger partial charge >= 0.3 is 0 Å². The molecule has 0 aliphatic carbocycles. The highest BCUT2D eigenvalue weighted by Gasteiger charge is 2.27. The van der Waals surface area contributed by atoms with Gasteiger partial charge in [0, 0.05) is 49.9 Å². The molecule has 2 N–H and O–H groups in total. The Labute approximate surface area is 177 Å². The molecule has 3 heterocycles. The molecule has 160 valence electrons. The van der Waals surface area contributed by atoms with E-state index in [0.717, 1.165) is 43.9 Å². The van der Waals surface area contributed by atoms with Crippen LogP contribution in [-0.4, -0.2) is 56.7 Å². The smallest absolute Gasteiger partial charge is 0.213 e. The maximum absolute atomic E-state index is 12.1. The van der Waals surface area contributed by atoms with Gasteiger partial charge in [-0.25, -0.2) is 12.7 Å². The van der Waals surface area contributed by atoms with E-state index in [1.807, 2.05) is 12.1 Å². The zero-order valence-corrected chi connectivity index (χ0v) is 18.5. The van der Waals surface area contributed by atoms with Crippen molar-refractivity contribution < 1.29 is 12.8 Å². The lowest BCUT2D eigenvalue weighted by Crippen LogP contribution is -2.50. The molecule has 0 bridgehead atoms. The van der Waals surface area contributed by atoms with Gasteiger partial charge in [-0.15, -0.1) is 11.3 Å². The first kappa shape index (κ1) is 21.9. The molecule has 29 heavy (non-hydrogen) atoms. The van der Waals surface area contributed by atoms with E-state index in [1.165, 1.54) is 4.88 Å². The Balaban J connectivity index is 1.52. The Morgan fingerprint density at radius 1 is 1.28 bits per heavy atom. The monoisotopic (exact) mass is 438 g/mol. The van der Waals surface area contributed by atoms with Crippen molar-refractivity contribution in [2.24, 2.45) is 4.99 Å². The fourth-order valence-electron chi connectivity index (χ4n) is 3.30. The highest BCUT2D eigenvalue weighted by molar-refractivity contribution is 7.89. The summed E-state index contributed by atoms with van der Waals surface area (Å²) in [5.74, 6) is 1.88. The minimum atomic E-state index is -3.10. The number of rotatable bonds is 9. The molecule has 9 heteroatoms. The Morgan fingerprint density at radius 3 is 2.76 bits per heavy atom. The lowest BCUT2D eigenvalue weighted by Gasteiger charge is -2.32. The van der Waals surface area contributed by atoms with Crippen LogP contribution >= 0.6 is 11.3 Å². The molecule has 2 aromatic heterocycles. The van der Waals surface area contributed by atoms with Crippen LogP contribution in [0.15, 0.2) is 45.3 Å². The minimum absolute atomic E-state index is 0.162. The lowest BCUT2D eigenvalue weighted by molar-refractivity contribution is 0.306. The summed E-state index contributed by atoms with van der Waals surface area (Å²) >= 11 is 1.75. The summed E-state index contributed by atoms with van der Waals surface area (Å²) in [4.78, 5) is 6.06. The second kappa shape index (κ2) is 10.8. The molecule has 0 spiro atoms. The van der Waals surface area contributed by atoms with Crippen molar-refractivity contribution in [3.63, 3.8) is 0 Å². The number of guanidine groups is 1. The van der Waals surface area contributed by atoms with Crippen LogP contribution in [-0.2, 0) is 22.9 Å². The summed E-state index contributed by atoms with van der Waals surface area (Å²) in [7, 11) is -3.10. The third kappa shape index (κ3) is 6.87. The molecule has 1 fully saturated rings. The van der Waals surface area contributed by atoms with E-state index in [1.54, 1.807) is 28.8 Å². The zero-order valence-electron chi connectivity index (χ0n) is 16.8. The van der Waals surface area contributed by atoms with Crippen molar-refractivity contribution in [3.05, 3.63) is 46.5 Å². The Kier molecular flexibility index (Phi) is 8.14. The topological polar surface area (TPSA) is 86.9 Å². The average molecular weight is 439 g/mol. The number of nitrogens with one attached hydrogen (secondary N) is 2. The second-order valence-corrected chi connectivity index (χ2v) is 10.3. The molecule has 0 unspecified atom stereocenters. The number of hydrogen-bond acceptors (Lipinski definition) is 5. The molecule has 0 aromatic carbocycles. The molecule has 7 nitrogen and oxygen atoms in total. The number of sulfonamides is 1. The van der Waals surface area contributed by atoms with Gasteiger partial charge in [0.2, 0.25) is 10.0 Å². The summed E-state index contributed by atoms with van der Waals surface area (Å²) < 4.78 is 31.1. The standard InChI is InChI=1S/C20H30N4O3S2/c1-2-29(25,26)24-13-9-17(10-14-24)23-20(21-11-7-18-5-3-15-27-18)22-12-8-19-6-4-16-28-19/h3-6,15-17H,2,7-14H2,1H3,(H2,21,22,23). The van der Waals surface area contributed by atoms with Crippen LogP contribution in [0.25, 0.3) is 0 Å². The van der Waals surface area contributed by atoms with Crippen LogP contribution in [0.2, 0.25) is 0 Å². The van der Waals surface area contributed by atoms with Gasteiger partial charge in [-0.3, -0.25) is 4.99 Å². The molecule has 1 saturated heterocycles. The Bertz CT molecular complexity index is 840. The summed E-state index contributed by atoms with van der Waals surface area (Å²) in [5, 5.41) is 8.97. The van der Waals surface area contributed by atoms with Gasteiger partial charge < -0.3 is 15.1 Å². The maximum Gasteiger partial charge on any atom is 0.213 e. The number of hydrogen-bond donors (Lipinski definition) is 2. The normalized spacial score (nSPS) is 16.8. The number of thiophene rings is 1. The zero-order chi connectivity index (χ0) is 20.5. The van der Waals surface area contributed by atoms with Gasteiger partial charge in [-0.1, -0.05) is 6.07 Å². The van der Waals surface area contributed by atoms with Gasteiger partial charge in [0.15, 0.2) is 5.96 Å². The van der Waals surface area contributed by atoms with E-state index in [4.69, 9.17) is 9.41 Å². The first-order chi connectivity index (χ1) is 14.1. The third-order valence-electron chi connectivity index (χ3n) is 5.01. The maximum atomic E-state index is 12.1. The number of piperidine rings is 1. The molecule has 0 amide bonds. The van der Waals surface area contributed by atoms with Crippen LogP contribution in [0.3, 0.4) is 0 Å². The van der Waals surface area contributed by atoms with Gasteiger partial charge in [0.25, 0.3) is 0 Å². The van der Waals surface area contributed by atoms with E-state index in [-0.39, 0.29) is 11.8 Å². The largest absolute Gasteiger partial charge is 0.469 e. The SMILES string of the molecule is CCS(=O)(=O)N1CCC(NC(=NCCc2cccs2)NCCc2ccco2)CC1. The Hall–Kier alpha value is -1.84. The van der Waals surface area contributed by atoms with Crippen molar-refractivity contribution in [1.29, 1.82) is 0 Å². The van der Waals surface area contributed by atoms with Crippen molar-refractivity contribution in [1.82, 2.24) is 14.9 Å². The van der Waals surface area contributed by atoms with E-state index in [0.29, 0.717) is 19.6 Å². The molecule has 2 aromatic rings. The van der Waals surface area contributed by atoms with Gasteiger partial charge in [0.1, 0.15) is 5.76 Å². The van der Waals surface area contributed by atoms with E-state index in [2.05, 4.69) is 28.1 Å². The third-order valence-corrected chi connectivity index (χ3v) is 7.82. The molecule has 3 rings (SSSR count). The van der Waals surface area contributed by atoms with Gasteiger partial charge in [-0.2, -0.15) is 0 Å². The molecule has 0 saturated carbocycles. The van der Waals surface area contributed by atoms with E-state index >= 15 is 0 Å². The van der Waals surface area contributed by atoms with E-state index in [9.17, 15) is 8.42 Å². The average Bonchev–Trinajstić information content (AvgIpc) is 3.42. The minimum Gasteiger partial charge on any atom is -0.469 e. The molecular formula is C20H30N4O3S2. The van der Waals surface area contributed by atoms with Crippen LogP contribution < -0.4 is 10.6 Å². The van der Waals surface area contributed by atoms with Crippen LogP contribution in [0, 0.1) is 0 Å². The molecule has 1 aliphatic rings. The predicted molar refractivity (Wildman–Crippen MR) is 118 cm³/mol. The molecule has 1 aliphatic heterocycles. The number of furan rings is 1. The first-order valence-electron chi connectivity index (χ1n) is 10.1. The Morgan fingerprint density at radius 2 is 2.10 bits per heavy atom. The van der Waals surface area contributed by atoms with Crippen molar-refractivity contribution in [2.45, 2.75) is 38.6 Å². The number of nitrogens with zero attached hydrogens (tertiary/aromatic N) is 2. The fraction of sp³-hybridized carbons (Fsp3) is 0.550. The number of aliphatic imine (C=N–C) groups is 1. The highest BCUT2D eigenvalue weighted by atomic mass is 32.2. The summed E-state index contributed by atoms with van der Waals surface area (Å²) in [5.41, 5.74) is 0. The van der Waals surface area contributed by atoms with Crippen molar-refractivity contribution in [3.8, 4) is 0 Å². The van der Waals surface area contributed by atoms with Crippen LogP contribution in [0.5, 0.6) is 0 Å². The van der Waals surface area contributed by atoms with Crippen LogP contribution in [0.1, 0.15) is 30.4 Å². The highest BCUT2D eigenvalue weighted by Crippen LogP contribution is 2.14. The summed E-state index contributed by atoms with van der Waals surface area (Å²) in [6, 6.07) is 8.26. The quantitative estimate of drug-likeness (QED) is 0.464. The van der Waals surface area contributed by atoms with Gasteiger partial charge in [0.05, 0.1) is 12.0 Å². The molecule has 0 radical (unpaired) electrons. The second-order valence-electron chi connectivity index (χ2n) is 7.03. The lowest BCUT2D eigenvalue weighted by atomic mass is 10.1. The first-order valence-corrected chi connectivity index (χ1v) is 12.6. The molecular weight excluding hydrogens is 408 g/mol. The summed E-state index contributed by atoms with van der Waals surface area (Å²) in [6.07, 6.45) is 4.94. The predicted octanol–water partition coefficient (Wildman–Crippen LogP) is 2.48. The molecule has 0 atom stereocenters. The van der Waals surface area contributed by atoms with E-state index < -0.39 is 10.0 Å². The van der Waals surface area contributed by atoms with Crippen molar-refractivity contribution in [2.75, 3.05) is 31.9 Å². The summed E-state index contributed by atoms with van der Waals surface area (Å²) in [6.45, 7) is 4.24. The van der Waals surface area contributed by atoms with Gasteiger partial charge in [-0.05, 0) is 43.3 Å². The van der Waals surface area contributed by atoms with Crippen LogP contribution in [0.4, 0.5) is 0 Å². The van der Waals surface area contributed by atoms with Crippen molar-refractivity contribution >= 4 is 27.3 Å².